The van der Waals surface area contributed by atoms with Crippen LogP contribution >= 0.6 is 0 Å². The van der Waals surface area contributed by atoms with Gasteiger partial charge in [0.25, 0.3) is 0 Å². The zero-order valence-corrected chi connectivity index (χ0v) is 15.2. The van der Waals surface area contributed by atoms with E-state index in [-0.39, 0.29) is 0 Å². The molecule has 1 aliphatic heterocycles. The minimum atomic E-state index is 0.796. The Kier molecular flexibility index (Phi) is 3.85. The van der Waals surface area contributed by atoms with Gasteiger partial charge in [0.2, 0.25) is 0 Å². The normalized spacial score (nSPS) is 13.8. The van der Waals surface area contributed by atoms with Crippen molar-refractivity contribution in [2.75, 3.05) is 19.0 Å². The molecule has 0 saturated heterocycles. The first kappa shape index (κ1) is 16.0. The Balaban J connectivity index is 1.73. The largest absolute Gasteiger partial charge is 0.494 e. The number of para-hydroxylation sites is 3. The summed E-state index contributed by atoms with van der Waals surface area (Å²) in [6.45, 7) is 0.938. The molecule has 1 N–H and O–H groups in total. The predicted octanol–water partition coefficient (Wildman–Crippen LogP) is 5.04. The summed E-state index contributed by atoms with van der Waals surface area (Å²) in [5.74, 6) is 2.64. The molecule has 136 valence electrons. The molecule has 0 spiro atoms. The van der Waals surface area contributed by atoms with Gasteiger partial charge in [0.1, 0.15) is 28.5 Å². The molecule has 0 bridgehead atoms. The Morgan fingerprint density at radius 2 is 1.93 bits per heavy atom. The van der Waals surface area contributed by atoms with Gasteiger partial charge in [-0.05, 0) is 43.5 Å². The monoisotopic (exact) mass is 359 g/mol. The molecule has 5 nitrogen and oxygen atoms in total. The Bertz CT molecular complexity index is 1080. The molecule has 5 heteroatoms. The van der Waals surface area contributed by atoms with Crippen molar-refractivity contribution in [3.05, 3.63) is 60.2 Å². The van der Waals surface area contributed by atoms with Gasteiger partial charge in [0.05, 0.1) is 7.11 Å². The van der Waals surface area contributed by atoms with Gasteiger partial charge >= 0.3 is 0 Å². The van der Waals surface area contributed by atoms with Crippen molar-refractivity contribution in [2.24, 2.45) is 0 Å². The molecule has 4 aromatic rings. The highest BCUT2D eigenvalue weighted by Crippen LogP contribution is 2.37. The van der Waals surface area contributed by atoms with Crippen molar-refractivity contribution in [1.82, 2.24) is 9.78 Å². The average molecular weight is 359 g/mol. The van der Waals surface area contributed by atoms with Crippen LogP contribution in [0.4, 0.5) is 5.82 Å². The zero-order chi connectivity index (χ0) is 18.2. The number of benzene rings is 2. The Hall–Kier alpha value is -3.21. The second-order valence-corrected chi connectivity index (χ2v) is 6.79. The fourth-order valence-corrected chi connectivity index (χ4v) is 3.78. The Morgan fingerprint density at radius 3 is 2.81 bits per heavy atom. The third-order valence-electron chi connectivity index (χ3n) is 5.10. The lowest BCUT2D eigenvalue weighted by molar-refractivity contribution is 0.412. The number of methoxy groups -OCH3 is 1. The summed E-state index contributed by atoms with van der Waals surface area (Å²) >= 11 is 0. The van der Waals surface area contributed by atoms with Crippen LogP contribution in [0.5, 0.6) is 5.75 Å². The third kappa shape index (κ3) is 2.67. The van der Waals surface area contributed by atoms with E-state index < -0.39 is 0 Å². The standard InChI is InChI=1S/C22H21N3O2/c1-26-19-12-5-3-10-17(19)25-22-16(9-6-7-13-23-22)21(24-25)20-14-15-8-2-4-11-18(15)27-20/h2-5,8,10-12,14,23H,6-7,9,13H2,1H3. The molecule has 0 fully saturated rings. The highest BCUT2D eigenvalue weighted by Gasteiger charge is 2.24. The maximum atomic E-state index is 6.13. The van der Waals surface area contributed by atoms with Gasteiger partial charge in [-0.15, -0.1) is 0 Å². The van der Waals surface area contributed by atoms with Gasteiger partial charge in [-0.3, -0.25) is 0 Å². The van der Waals surface area contributed by atoms with Crippen molar-refractivity contribution in [2.45, 2.75) is 19.3 Å². The highest BCUT2D eigenvalue weighted by molar-refractivity contribution is 5.83. The van der Waals surface area contributed by atoms with E-state index in [2.05, 4.69) is 17.4 Å². The van der Waals surface area contributed by atoms with E-state index in [9.17, 15) is 0 Å². The number of nitrogens with one attached hydrogen (secondary N) is 1. The number of hydrogen-bond acceptors (Lipinski definition) is 4. The molecular formula is C22H21N3O2. The van der Waals surface area contributed by atoms with Gasteiger partial charge in [-0.1, -0.05) is 30.3 Å². The number of anilines is 1. The summed E-state index contributed by atoms with van der Waals surface area (Å²) in [6.07, 6.45) is 3.24. The van der Waals surface area contributed by atoms with Crippen molar-refractivity contribution >= 4 is 16.8 Å². The van der Waals surface area contributed by atoms with E-state index in [1.165, 1.54) is 5.56 Å². The topological polar surface area (TPSA) is 52.2 Å². The number of hydrogen-bond donors (Lipinski definition) is 1. The van der Waals surface area contributed by atoms with Gasteiger partial charge in [0, 0.05) is 17.5 Å². The summed E-state index contributed by atoms with van der Waals surface area (Å²) in [6, 6.07) is 18.1. The lowest BCUT2D eigenvalue weighted by Gasteiger charge is -2.12. The Morgan fingerprint density at radius 1 is 1.07 bits per heavy atom. The van der Waals surface area contributed by atoms with Crippen LogP contribution in [-0.4, -0.2) is 23.4 Å². The van der Waals surface area contributed by atoms with Crippen molar-refractivity contribution in [1.29, 1.82) is 0 Å². The van der Waals surface area contributed by atoms with E-state index in [0.29, 0.717) is 0 Å². The first-order valence-corrected chi connectivity index (χ1v) is 9.33. The van der Waals surface area contributed by atoms with Crippen LogP contribution < -0.4 is 10.1 Å². The summed E-state index contributed by atoms with van der Waals surface area (Å²) < 4.78 is 13.7. The number of aromatic nitrogens is 2. The van der Waals surface area contributed by atoms with Gasteiger partial charge in [0.15, 0.2) is 5.76 Å². The summed E-state index contributed by atoms with van der Waals surface area (Å²) in [5.41, 5.74) is 3.92. The molecule has 5 rings (SSSR count). The fraction of sp³-hybridized carbons (Fsp3) is 0.227. The fourth-order valence-electron chi connectivity index (χ4n) is 3.78. The molecule has 0 aliphatic carbocycles. The average Bonchev–Trinajstić information content (AvgIpc) is 3.21. The van der Waals surface area contributed by atoms with Crippen LogP contribution in [0.1, 0.15) is 18.4 Å². The van der Waals surface area contributed by atoms with Crippen LogP contribution in [0.25, 0.3) is 28.1 Å². The van der Waals surface area contributed by atoms with Gasteiger partial charge in [-0.2, -0.15) is 5.10 Å². The highest BCUT2D eigenvalue weighted by atomic mass is 16.5. The molecular weight excluding hydrogens is 338 g/mol. The summed E-state index contributed by atoms with van der Waals surface area (Å²) in [5, 5.41) is 9.62. The lowest BCUT2D eigenvalue weighted by Crippen LogP contribution is -2.08. The van der Waals surface area contributed by atoms with Crippen molar-refractivity contribution in [3.63, 3.8) is 0 Å². The van der Waals surface area contributed by atoms with Crippen LogP contribution in [0.3, 0.4) is 0 Å². The molecule has 2 aromatic heterocycles. The summed E-state index contributed by atoms with van der Waals surface area (Å²) in [7, 11) is 1.69. The molecule has 3 heterocycles. The molecule has 0 radical (unpaired) electrons. The minimum Gasteiger partial charge on any atom is -0.494 e. The second-order valence-electron chi connectivity index (χ2n) is 6.79. The maximum absolute atomic E-state index is 6.13. The van der Waals surface area contributed by atoms with E-state index in [1.54, 1.807) is 7.11 Å². The predicted molar refractivity (Wildman–Crippen MR) is 107 cm³/mol. The molecule has 27 heavy (non-hydrogen) atoms. The number of furan rings is 1. The van der Waals surface area contributed by atoms with E-state index >= 15 is 0 Å². The number of nitrogens with zero attached hydrogens (tertiary/aromatic N) is 2. The number of rotatable bonds is 3. The smallest absolute Gasteiger partial charge is 0.156 e. The SMILES string of the molecule is COc1ccccc1-n1nc(-c2cc3ccccc3o2)c2c1NCCCC2. The van der Waals surface area contributed by atoms with Crippen LogP contribution in [0.2, 0.25) is 0 Å². The quantitative estimate of drug-likeness (QED) is 0.557. The molecule has 0 saturated carbocycles. The third-order valence-corrected chi connectivity index (χ3v) is 5.10. The van der Waals surface area contributed by atoms with Gasteiger partial charge in [-0.25, -0.2) is 4.68 Å². The van der Waals surface area contributed by atoms with Crippen LogP contribution in [0, 0.1) is 0 Å². The maximum Gasteiger partial charge on any atom is 0.156 e. The van der Waals surface area contributed by atoms with Crippen LogP contribution in [-0.2, 0) is 6.42 Å². The first-order valence-electron chi connectivity index (χ1n) is 9.33. The van der Waals surface area contributed by atoms with Gasteiger partial charge < -0.3 is 14.5 Å². The number of fused-ring (bicyclic) bond motifs is 2. The Labute approximate surface area is 157 Å². The van der Waals surface area contributed by atoms with Crippen LogP contribution in [0.15, 0.2) is 59.0 Å². The molecule has 0 atom stereocenters. The molecule has 2 aromatic carbocycles. The van der Waals surface area contributed by atoms with E-state index in [0.717, 1.165) is 65.5 Å². The van der Waals surface area contributed by atoms with Crippen molar-refractivity contribution < 1.29 is 9.15 Å². The van der Waals surface area contributed by atoms with Crippen molar-refractivity contribution in [3.8, 4) is 22.9 Å². The molecule has 0 amide bonds. The number of ether oxygens (including phenoxy) is 1. The second kappa shape index (κ2) is 6.50. The molecule has 1 aliphatic rings. The van der Waals surface area contributed by atoms with E-state index in [4.69, 9.17) is 14.3 Å². The lowest BCUT2D eigenvalue weighted by atomic mass is 10.1. The molecule has 0 unspecified atom stereocenters. The first-order chi connectivity index (χ1) is 13.3. The zero-order valence-electron chi connectivity index (χ0n) is 15.2. The minimum absolute atomic E-state index is 0.796. The van der Waals surface area contributed by atoms with E-state index in [1.807, 2.05) is 47.1 Å². The summed E-state index contributed by atoms with van der Waals surface area (Å²) in [4.78, 5) is 0.